The van der Waals surface area contributed by atoms with Gasteiger partial charge in [0.15, 0.2) is 0 Å². The van der Waals surface area contributed by atoms with Gasteiger partial charge in [-0.15, -0.1) is 0 Å². The lowest BCUT2D eigenvalue weighted by atomic mass is 10.5. The summed E-state index contributed by atoms with van der Waals surface area (Å²) in [5.41, 5.74) is 0. The molecule has 0 spiro atoms. The Kier molecular flexibility index (Phi) is 0.943. The van der Waals surface area contributed by atoms with Gasteiger partial charge in [0.2, 0.25) is 5.91 Å². The molecule has 1 aliphatic rings. The average molecular weight is 110 g/mol. The van der Waals surface area contributed by atoms with Crippen LogP contribution in [0.25, 0.3) is 0 Å². The van der Waals surface area contributed by atoms with E-state index in [-0.39, 0.29) is 11.9 Å². The number of nitriles is 1. The van der Waals surface area contributed by atoms with Crippen LogP contribution in [0.2, 0.25) is 0 Å². The molecule has 1 atom stereocenters. The summed E-state index contributed by atoms with van der Waals surface area (Å²) in [6.07, 6.45) is 0. The highest BCUT2D eigenvalue weighted by Gasteiger charge is 2.35. The van der Waals surface area contributed by atoms with Crippen LogP contribution >= 0.6 is 0 Å². The van der Waals surface area contributed by atoms with Crippen LogP contribution in [0.1, 0.15) is 6.92 Å². The molecule has 0 aliphatic carbocycles. The van der Waals surface area contributed by atoms with Crippen molar-refractivity contribution in [2.24, 2.45) is 0 Å². The van der Waals surface area contributed by atoms with E-state index in [2.05, 4.69) is 0 Å². The van der Waals surface area contributed by atoms with Crippen LogP contribution in [-0.4, -0.2) is 23.4 Å². The van der Waals surface area contributed by atoms with Crippen molar-refractivity contribution in [3.63, 3.8) is 0 Å². The normalized spacial score (nSPS) is 24.5. The van der Waals surface area contributed by atoms with Gasteiger partial charge in [-0.05, 0) is 0 Å². The molecule has 3 heteroatoms. The van der Waals surface area contributed by atoms with Crippen molar-refractivity contribution in [3.8, 4) is 6.07 Å². The van der Waals surface area contributed by atoms with Crippen LogP contribution in [0, 0.1) is 11.3 Å². The van der Waals surface area contributed by atoms with Crippen LogP contribution in [0.5, 0.6) is 0 Å². The molecule has 0 bridgehead atoms. The molecule has 42 valence electrons. The molecule has 0 N–H and O–H groups in total. The van der Waals surface area contributed by atoms with Gasteiger partial charge in [-0.2, -0.15) is 5.26 Å². The zero-order valence-electron chi connectivity index (χ0n) is 4.59. The number of hydrogen-bond donors (Lipinski definition) is 0. The average Bonchev–Trinajstić information content (AvgIpc) is 2.42. The molecule has 0 aromatic rings. The smallest absolute Gasteiger partial charge is 0.220 e. The van der Waals surface area contributed by atoms with E-state index >= 15 is 0 Å². The Hall–Kier alpha value is -1.04. The van der Waals surface area contributed by atoms with Crippen LogP contribution in [0.15, 0.2) is 0 Å². The summed E-state index contributed by atoms with van der Waals surface area (Å²) in [6, 6.07) is 1.86. The minimum Gasteiger partial charge on any atom is -0.322 e. The van der Waals surface area contributed by atoms with Gasteiger partial charge in [0.25, 0.3) is 0 Å². The van der Waals surface area contributed by atoms with E-state index in [0.29, 0.717) is 6.54 Å². The summed E-state index contributed by atoms with van der Waals surface area (Å²) < 4.78 is 0. The molecule has 1 aliphatic heterocycles. The molecule has 8 heavy (non-hydrogen) atoms. The Balaban J connectivity index is 2.40. The number of amides is 1. The monoisotopic (exact) mass is 110 g/mol. The first-order valence-electron chi connectivity index (χ1n) is 2.42. The first kappa shape index (κ1) is 5.10. The maximum absolute atomic E-state index is 10.4. The van der Waals surface area contributed by atoms with Gasteiger partial charge in [-0.1, -0.05) is 0 Å². The number of hydrogen-bond acceptors (Lipinski definition) is 2. The maximum atomic E-state index is 10.4. The number of rotatable bonds is 0. The van der Waals surface area contributed by atoms with E-state index < -0.39 is 0 Å². The first-order valence-corrected chi connectivity index (χ1v) is 2.42. The second-order valence-electron chi connectivity index (χ2n) is 1.82. The van der Waals surface area contributed by atoms with Crippen molar-refractivity contribution in [1.82, 2.24) is 4.90 Å². The predicted octanol–water partition coefficient (Wildman–Crippen LogP) is -0.259. The van der Waals surface area contributed by atoms with Gasteiger partial charge >= 0.3 is 0 Å². The van der Waals surface area contributed by atoms with Crippen molar-refractivity contribution >= 4 is 5.91 Å². The third-order valence-electron chi connectivity index (χ3n) is 1.17. The molecule has 1 heterocycles. The van der Waals surface area contributed by atoms with Gasteiger partial charge in [0.05, 0.1) is 12.6 Å². The summed E-state index contributed by atoms with van der Waals surface area (Å²) in [5, 5.41) is 8.18. The van der Waals surface area contributed by atoms with Crippen LogP contribution in [-0.2, 0) is 4.79 Å². The van der Waals surface area contributed by atoms with E-state index in [4.69, 9.17) is 5.26 Å². The predicted molar refractivity (Wildman–Crippen MR) is 26.8 cm³/mol. The minimum atomic E-state index is -0.118. The molecule has 1 amide bonds. The Morgan fingerprint density at radius 3 is 2.75 bits per heavy atom. The largest absolute Gasteiger partial charge is 0.322 e. The van der Waals surface area contributed by atoms with E-state index in [1.54, 1.807) is 0 Å². The summed E-state index contributed by atoms with van der Waals surface area (Å²) in [4.78, 5) is 11.9. The first-order chi connectivity index (χ1) is 3.75. The molecular weight excluding hydrogens is 104 g/mol. The fraction of sp³-hybridized carbons (Fsp3) is 0.600. The fourth-order valence-electron chi connectivity index (χ4n) is 0.598. The lowest BCUT2D eigenvalue weighted by Crippen LogP contribution is -2.06. The third kappa shape index (κ3) is 0.648. The molecule has 0 saturated carbocycles. The summed E-state index contributed by atoms with van der Waals surface area (Å²) in [6.45, 7) is 2.10. The summed E-state index contributed by atoms with van der Waals surface area (Å²) in [7, 11) is 0. The molecule has 1 unspecified atom stereocenters. The SMILES string of the molecule is CC(=O)N1CC1C#N. The molecule has 0 radical (unpaired) electrons. The summed E-state index contributed by atoms with van der Waals surface area (Å²) >= 11 is 0. The molecule has 3 nitrogen and oxygen atoms in total. The molecule has 1 saturated heterocycles. The topological polar surface area (TPSA) is 43.9 Å². The molecule has 0 aromatic heterocycles. The Labute approximate surface area is 47.5 Å². The zero-order valence-corrected chi connectivity index (χ0v) is 4.59. The third-order valence-corrected chi connectivity index (χ3v) is 1.17. The van der Waals surface area contributed by atoms with Crippen LogP contribution in [0.3, 0.4) is 0 Å². The van der Waals surface area contributed by atoms with Gasteiger partial charge in [0, 0.05) is 6.92 Å². The Bertz CT molecular complexity index is 158. The lowest BCUT2D eigenvalue weighted by molar-refractivity contribution is -0.123. The molecule has 0 aromatic carbocycles. The standard InChI is InChI=1S/C5H6N2O/c1-4(8)7-3-5(7)2-6/h5H,3H2,1H3. The van der Waals surface area contributed by atoms with Crippen LogP contribution < -0.4 is 0 Å². The highest BCUT2D eigenvalue weighted by Crippen LogP contribution is 2.14. The van der Waals surface area contributed by atoms with Gasteiger partial charge in [0.1, 0.15) is 6.04 Å². The van der Waals surface area contributed by atoms with Crippen molar-refractivity contribution in [2.45, 2.75) is 13.0 Å². The van der Waals surface area contributed by atoms with E-state index in [9.17, 15) is 4.79 Å². The fourth-order valence-corrected chi connectivity index (χ4v) is 0.598. The zero-order chi connectivity index (χ0) is 6.15. The highest BCUT2D eigenvalue weighted by atomic mass is 16.2. The number of carbonyl (C=O) groups is 1. The number of carbonyl (C=O) groups excluding carboxylic acids is 1. The minimum absolute atomic E-state index is 0.00319. The van der Waals surface area contributed by atoms with Crippen molar-refractivity contribution in [3.05, 3.63) is 0 Å². The van der Waals surface area contributed by atoms with E-state index in [1.807, 2.05) is 6.07 Å². The molecular formula is C5H6N2O. The van der Waals surface area contributed by atoms with Crippen molar-refractivity contribution in [1.29, 1.82) is 5.26 Å². The Morgan fingerprint density at radius 2 is 2.62 bits per heavy atom. The van der Waals surface area contributed by atoms with E-state index in [1.165, 1.54) is 11.8 Å². The van der Waals surface area contributed by atoms with Gasteiger partial charge in [-0.3, -0.25) is 4.79 Å². The molecule has 1 fully saturated rings. The Morgan fingerprint density at radius 1 is 2.00 bits per heavy atom. The second kappa shape index (κ2) is 1.48. The maximum Gasteiger partial charge on any atom is 0.220 e. The molecule has 1 rings (SSSR count). The van der Waals surface area contributed by atoms with Gasteiger partial charge in [-0.25, -0.2) is 0 Å². The lowest BCUT2D eigenvalue weighted by Gasteiger charge is -1.88. The number of nitrogens with zero attached hydrogens (tertiary/aromatic N) is 2. The van der Waals surface area contributed by atoms with E-state index in [0.717, 1.165) is 0 Å². The quantitative estimate of drug-likeness (QED) is 0.403. The second-order valence-corrected chi connectivity index (χ2v) is 1.82. The van der Waals surface area contributed by atoms with Crippen molar-refractivity contribution < 1.29 is 4.79 Å². The van der Waals surface area contributed by atoms with Crippen molar-refractivity contribution in [2.75, 3.05) is 6.54 Å². The summed E-state index contributed by atoms with van der Waals surface area (Å²) in [5.74, 6) is -0.00319. The van der Waals surface area contributed by atoms with Crippen LogP contribution in [0.4, 0.5) is 0 Å². The van der Waals surface area contributed by atoms with Gasteiger partial charge < -0.3 is 4.90 Å². The highest BCUT2D eigenvalue weighted by molar-refractivity contribution is 5.76.